The van der Waals surface area contributed by atoms with E-state index in [2.05, 4.69) is 138 Å². The normalized spacial score (nSPS) is 17.6. The van der Waals surface area contributed by atoms with E-state index in [-0.39, 0.29) is 54.5 Å². The van der Waals surface area contributed by atoms with Crippen LogP contribution in [0.3, 0.4) is 0 Å². The molecule has 0 N–H and O–H groups in total. The van der Waals surface area contributed by atoms with Crippen LogP contribution in [-0.2, 0) is 0 Å². The highest BCUT2D eigenvalue weighted by molar-refractivity contribution is 8.07. The van der Waals surface area contributed by atoms with Crippen LogP contribution in [-0.4, -0.2) is 61.5 Å². The van der Waals surface area contributed by atoms with Crippen molar-refractivity contribution in [2.75, 3.05) is 12.3 Å². The summed E-state index contributed by atoms with van der Waals surface area (Å²) >= 11 is 12.8. The van der Waals surface area contributed by atoms with E-state index in [0.29, 0.717) is 0 Å². The van der Waals surface area contributed by atoms with E-state index in [1.54, 1.807) is 0 Å². The minimum Gasteiger partial charge on any atom is -0.203 e. The van der Waals surface area contributed by atoms with Gasteiger partial charge in [0.05, 0.1) is 28.5 Å². The molecule has 0 spiro atoms. The average Bonchev–Trinajstić information content (AvgIpc) is 2.60. The Bertz CT molecular complexity index is 719. The van der Waals surface area contributed by atoms with Crippen LogP contribution in [0.15, 0.2) is 0 Å². The third-order valence-electron chi connectivity index (χ3n) is 9.78. The molecular formula is C30H65B4Cl3P2+2. The fourth-order valence-corrected chi connectivity index (χ4v) is 17.2. The zero-order valence-electron chi connectivity index (χ0n) is 29.8. The topological polar surface area (TPSA) is 0 Å². The Morgan fingerprint density at radius 2 is 0.846 bits per heavy atom. The van der Waals surface area contributed by atoms with E-state index in [9.17, 15) is 0 Å². The van der Waals surface area contributed by atoms with Crippen molar-refractivity contribution in [3.05, 3.63) is 0 Å². The third-order valence-corrected chi connectivity index (χ3v) is 23.5. The molecule has 0 rings (SSSR count). The standard InChI is InChI=1S/C15H32B2Cl2P.C15H32B2P.ClH/c1-12(2,3)15(10,16-18)11-20(17-19,13(4,5)6)14(7,8)9;1-12(2,3)15(10,16)11-18(17,13(4,5)6)14(7,8)9;/h11H2,1-10H3;11H2,1-10H3;1H/q2*+1;/t2*15-;/m11./s1. The monoisotopic (exact) mass is 636 g/mol. The molecule has 0 aliphatic heterocycles. The van der Waals surface area contributed by atoms with Gasteiger partial charge in [0, 0.05) is 12.3 Å². The van der Waals surface area contributed by atoms with Crippen molar-refractivity contribution in [3.63, 3.8) is 0 Å². The van der Waals surface area contributed by atoms with Crippen molar-refractivity contribution in [1.29, 1.82) is 0 Å². The Morgan fingerprint density at radius 1 is 0.538 bits per heavy atom. The molecule has 0 saturated carbocycles. The summed E-state index contributed by atoms with van der Waals surface area (Å²) in [7, 11) is 10.4. The van der Waals surface area contributed by atoms with Gasteiger partial charge in [0.15, 0.2) is 0 Å². The highest BCUT2D eigenvalue weighted by Crippen LogP contribution is 2.79. The maximum atomic E-state index is 6.97. The Hall–Kier alpha value is 1.99. The number of hydrogen-bond acceptors (Lipinski definition) is 0. The Balaban J connectivity index is -0.000000651. The zero-order chi connectivity index (χ0) is 31.8. The van der Waals surface area contributed by atoms with E-state index in [4.69, 9.17) is 38.3 Å². The maximum absolute atomic E-state index is 6.97. The highest BCUT2D eigenvalue weighted by atomic mass is 35.5. The van der Waals surface area contributed by atoms with Crippen molar-refractivity contribution >= 4 is 78.1 Å². The quantitative estimate of drug-likeness (QED) is 0.201. The molecule has 0 bridgehead atoms. The lowest BCUT2D eigenvalue weighted by Crippen LogP contribution is -2.44. The number of halogens is 3. The Morgan fingerprint density at radius 3 is 1.00 bits per heavy atom. The second-order valence-corrected chi connectivity index (χ2v) is 28.8. The first-order chi connectivity index (χ1) is 16.0. The van der Waals surface area contributed by atoms with Gasteiger partial charge in [0.25, 0.3) is 0 Å². The lowest BCUT2D eigenvalue weighted by atomic mass is 9.56. The van der Waals surface area contributed by atoms with Crippen LogP contribution in [0, 0.1) is 10.8 Å². The summed E-state index contributed by atoms with van der Waals surface area (Å²) in [5, 5.41) is 0.289. The molecule has 0 fully saturated rings. The molecule has 0 saturated heterocycles. The number of hydrogen-bond donors (Lipinski definition) is 0. The van der Waals surface area contributed by atoms with Gasteiger partial charge in [0.2, 0.25) is 6.69 Å². The summed E-state index contributed by atoms with van der Waals surface area (Å²) < 4.78 is 0. The largest absolute Gasteiger partial charge is 0.477 e. The minimum atomic E-state index is -1.68. The SMILES string of the molecule is CC(C)(C)[C@](C)([B]Cl)C[P+]([B]Cl)(C(C)(C)C)C(C)(C)C.Cl.[B][C@](C)(C[P+]([B])(C(C)(C)C)C(C)(C)C)C(C)(C)C. The van der Waals surface area contributed by atoms with Gasteiger partial charge in [-0.1, -0.05) is 55.4 Å². The second kappa shape index (κ2) is 14.0. The average molecular weight is 637 g/mol. The van der Waals surface area contributed by atoms with Crippen LogP contribution in [0.5, 0.6) is 0 Å². The molecule has 0 unspecified atom stereocenters. The number of rotatable bonds is 6. The first-order valence-electron chi connectivity index (χ1n) is 14.3. The van der Waals surface area contributed by atoms with Crippen LogP contribution < -0.4 is 0 Å². The summed E-state index contributed by atoms with van der Waals surface area (Å²) in [4.78, 5) is 0. The van der Waals surface area contributed by atoms with Crippen molar-refractivity contribution < 1.29 is 0 Å². The van der Waals surface area contributed by atoms with Crippen molar-refractivity contribution in [1.82, 2.24) is 0 Å². The van der Waals surface area contributed by atoms with Gasteiger partial charge in [-0.3, -0.25) is 0 Å². The van der Waals surface area contributed by atoms with Crippen molar-refractivity contribution in [2.24, 2.45) is 10.8 Å². The maximum Gasteiger partial charge on any atom is 0.477 e. The second-order valence-electron chi connectivity index (χ2n) is 18.3. The van der Waals surface area contributed by atoms with Gasteiger partial charge in [-0.05, 0) is 119 Å². The molecule has 0 aliphatic rings. The first kappa shape index (κ1) is 45.4. The summed E-state index contributed by atoms with van der Waals surface area (Å²) in [6, 6.07) is 0. The van der Waals surface area contributed by atoms with E-state index in [0.717, 1.165) is 12.3 Å². The minimum absolute atomic E-state index is 0. The van der Waals surface area contributed by atoms with Crippen LogP contribution in [0.25, 0.3) is 0 Å². The first-order valence-corrected chi connectivity index (χ1v) is 19.2. The smallest absolute Gasteiger partial charge is 0.203 e. The predicted molar refractivity (Wildman–Crippen MR) is 200 cm³/mol. The predicted octanol–water partition coefficient (Wildman–Crippen LogP) is 12.0. The van der Waals surface area contributed by atoms with Crippen molar-refractivity contribution in [3.8, 4) is 0 Å². The molecule has 0 amide bonds. The summed E-state index contributed by atoms with van der Waals surface area (Å²) in [6.07, 6.45) is 3.98. The van der Waals surface area contributed by atoms with Crippen molar-refractivity contribution in [2.45, 2.75) is 170 Å². The van der Waals surface area contributed by atoms with Gasteiger partial charge < -0.3 is 0 Å². The molecule has 0 heterocycles. The van der Waals surface area contributed by atoms with Crippen LogP contribution in [0.1, 0.15) is 138 Å². The molecule has 2 atom stereocenters. The molecule has 0 nitrogen and oxygen atoms in total. The third kappa shape index (κ3) is 10.5. The van der Waals surface area contributed by atoms with E-state index >= 15 is 0 Å². The molecule has 6 radical (unpaired) electrons. The molecule has 0 aromatic carbocycles. The highest BCUT2D eigenvalue weighted by Gasteiger charge is 2.62. The summed E-state index contributed by atoms with van der Waals surface area (Å²) in [5.74, 6) is 0. The van der Waals surface area contributed by atoms with E-state index < -0.39 is 14.3 Å². The van der Waals surface area contributed by atoms with E-state index in [1.165, 1.54) is 0 Å². The molecule has 0 aliphatic carbocycles. The van der Waals surface area contributed by atoms with Gasteiger partial charge in [0.1, 0.15) is 0 Å². The van der Waals surface area contributed by atoms with E-state index in [1.807, 2.05) is 13.1 Å². The molecule has 9 heteroatoms. The molecular weight excluding hydrogens is 572 g/mol. The Kier molecular flexibility index (Phi) is 16.3. The zero-order valence-corrected chi connectivity index (χ0v) is 33.9. The fourth-order valence-electron chi connectivity index (χ4n) is 5.00. The van der Waals surface area contributed by atoms with Crippen LogP contribution >= 0.6 is 49.6 Å². The van der Waals surface area contributed by atoms with Gasteiger partial charge in [-0.25, -0.2) is 11.5 Å². The van der Waals surface area contributed by atoms with Gasteiger partial charge in [-0.2, -0.15) is 0 Å². The molecule has 226 valence electrons. The van der Waals surface area contributed by atoms with Crippen LogP contribution in [0.2, 0.25) is 10.6 Å². The lowest BCUT2D eigenvalue weighted by Gasteiger charge is -2.52. The lowest BCUT2D eigenvalue weighted by molar-refractivity contribution is 0.303. The molecule has 0 aromatic rings. The van der Waals surface area contributed by atoms with Gasteiger partial charge in [-0.15, -0.1) is 23.9 Å². The van der Waals surface area contributed by atoms with Gasteiger partial charge >= 0.3 is 14.0 Å². The molecule has 39 heavy (non-hydrogen) atoms. The summed E-state index contributed by atoms with van der Waals surface area (Å²) in [5.41, 5.74) is 0.171. The summed E-state index contributed by atoms with van der Waals surface area (Å²) in [6.45, 7) is 47.3. The Labute approximate surface area is 269 Å². The fraction of sp³-hybridized carbons (Fsp3) is 1.00. The van der Waals surface area contributed by atoms with Crippen LogP contribution in [0.4, 0.5) is 0 Å². The molecule has 0 aromatic heterocycles.